The van der Waals surface area contributed by atoms with Gasteiger partial charge in [0.05, 0.1) is 23.0 Å². The average Bonchev–Trinajstić information content (AvgIpc) is 2.98. The summed E-state index contributed by atoms with van der Waals surface area (Å²) in [6.45, 7) is 4.98. The van der Waals surface area contributed by atoms with Gasteiger partial charge in [-0.3, -0.25) is 4.90 Å². The molecule has 3 heterocycles. The summed E-state index contributed by atoms with van der Waals surface area (Å²) in [5.41, 5.74) is 7.07. The van der Waals surface area contributed by atoms with Crippen molar-refractivity contribution >= 4 is 5.65 Å². The predicted octanol–water partition coefficient (Wildman–Crippen LogP) is 4.34. The summed E-state index contributed by atoms with van der Waals surface area (Å²) in [6.07, 6.45) is 3.34. The molecule has 154 valence electrons. The normalized spacial score (nSPS) is 14.9. The second-order valence-electron chi connectivity index (χ2n) is 7.99. The zero-order valence-corrected chi connectivity index (χ0v) is 17.5. The Balaban J connectivity index is 1.64. The Hall–Kier alpha value is -3.46. The molecule has 5 rings (SSSR count). The molecule has 1 saturated heterocycles. The summed E-state index contributed by atoms with van der Waals surface area (Å²) in [7, 11) is 0. The predicted molar refractivity (Wildman–Crippen MR) is 124 cm³/mol. The van der Waals surface area contributed by atoms with E-state index in [0.29, 0.717) is 5.56 Å². The van der Waals surface area contributed by atoms with Gasteiger partial charge in [-0.1, -0.05) is 42.5 Å². The van der Waals surface area contributed by atoms with Gasteiger partial charge in [-0.2, -0.15) is 5.26 Å². The first-order valence-electron chi connectivity index (χ1n) is 10.8. The lowest BCUT2D eigenvalue weighted by atomic mass is 10.1. The molecule has 1 aliphatic heterocycles. The van der Waals surface area contributed by atoms with Crippen LogP contribution in [0.2, 0.25) is 0 Å². The highest BCUT2D eigenvalue weighted by Crippen LogP contribution is 2.29. The summed E-state index contributed by atoms with van der Waals surface area (Å²) in [5, 5.41) is 12.9. The third kappa shape index (κ3) is 4.09. The van der Waals surface area contributed by atoms with Gasteiger partial charge in [0.15, 0.2) is 0 Å². The SMILES string of the molecule is N#Cc1cccc(-c2nc3ccc(-c4ccccc4)cn3c2CN2CCCNCC2)c1. The molecule has 0 unspecified atom stereocenters. The van der Waals surface area contributed by atoms with Crippen LogP contribution >= 0.6 is 0 Å². The number of nitriles is 1. The van der Waals surface area contributed by atoms with Crippen LogP contribution in [0, 0.1) is 11.3 Å². The quantitative estimate of drug-likeness (QED) is 0.547. The third-order valence-corrected chi connectivity index (χ3v) is 5.90. The molecule has 2 aromatic carbocycles. The first-order valence-corrected chi connectivity index (χ1v) is 10.8. The number of pyridine rings is 1. The first-order chi connectivity index (χ1) is 15.3. The Morgan fingerprint density at radius 3 is 2.65 bits per heavy atom. The lowest BCUT2D eigenvalue weighted by Crippen LogP contribution is -2.28. The molecule has 2 aromatic heterocycles. The molecule has 1 N–H and O–H groups in total. The number of hydrogen-bond acceptors (Lipinski definition) is 4. The molecule has 4 aromatic rings. The Bertz CT molecular complexity index is 1230. The number of hydrogen-bond donors (Lipinski definition) is 1. The maximum atomic E-state index is 9.38. The molecule has 0 amide bonds. The summed E-state index contributed by atoms with van der Waals surface area (Å²) >= 11 is 0. The second kappa shape index (κ2) is 8.73. The molecule has 0 spiro atoms. The topological polar surface area (TPSA) is 56.4 Å². The molecule has 1 aliphatic rings. The molecule has 0 atom stereocenters. The van der Waals surface area contributed by atoms with Gasteiger partial charge < -0.3 is 9.72 Å². The van der Waals surface area contributed by atoms with E-state index in [0.717, 1.165) is 56.0 Å². The van der Waals surface area contributed by atoms with Crippen LogP contribution in [0.4, 0.5) is 0 Å². The first kappa shape index (κ1) is 19.5. The standard InChI is InChI=1S/C26H25N5/c27-17-20-6-4-9-22(16-20)26-24(19-30-14-5-12-28-13-15-30)31-18-23(10-11-25(31)29-26)21-7-2-1-3-8-21/h1-4,6-11,16,18,28H,5,12-15,19H2. The van der Waals surface area contributed by atoms with Gasteiger partial charge in [0.1, 0.15) is 5.65 Å². The highest BCUT2D eigenvalue weighted by molar-refractivity contribution is 5.71. The molecular formula is C26H25N5. The van der Waals surface area contributed by atoms with E-state index in [1.807, 2.05) is 30.3 Å². The van der Waals surface area contributed by atoms with Crippen molar-refractivity contribution in [3.63, 3.8) is 0 Å². The lowest BCUT2D eigenvalue weighted by molar-refractivity contribution is 0.281. The van der Waals surface area contributed by atoms with Crippen molar-refractivity contribution in [2.75, 3.05) is 26.2 Å². The summed E-state index contributed by atoms with van der Waals surface area (Å²) in [5.74, 6) is 0. The second-order valence-corrected chi connectivity index (χ2v) is 7.99. The number of aromatic nitrogens is 2. The summed E-state index contributed by atoms with van der Waals surface area (Å²) in [4.78, 5) is 7.49. The van der Waals surface area contributed by atoms with Crippen LogP contribution in [0.3, 0.4) is 0 Å². The number of rotatable bonds is 4. The van der Waals surface area contributed by atoms with Crippen LogP contribution in [-0.2, 0) is 6.54 Å². The van der Waals surface area contributed by atoms with E-state index in [-0.39, 0.29) is 0 Å². The Labute approximate surface area is 182 Å². The minimum Gasteiger partial charge on any atom is -0.315 e. The van der Waals surface area contributed by atoms with E-state index in [1.54, 1.807) is 0 Å². The number of imidazole rings is 1. The van der Waals surface area contributed by atoms with Crippen LogP contribution in [0.1, 0.15) is 17.7 Å². The molecule has 5 heteroatoms. The zero-order chi connectivity index (χ0) is 21.0. The maximum Gasteiger partial charge on any atom is 0.137 e. The smallest absolute Gasteiger partial charge is 0.137 e. The molecular weight excluding hydrogens is 382 g/mol. The zero-order valence-electron chi connectivity index (χ0n) is 17.5. The van der Waals surface area contributed by atoms with E-state index >= 15 is 0 Å². The molecule has 0 radical (unpaired) electrons. The van der Waals surface area contributed by atoms with E-state index in [9.17, 15) is 5.26 Å². The van der Waals surface area contributed by atoms with Gasteiger partial charge in [-0.05, 0) is 54.9 Å². The van der Waals surface area contributed by atoms with Gasteiger partial charge in [-0.15, -0.1) is 0 Å². The number of fused-ring (bicyclic) bond motifs is 1. The molecule has 1 fully saturated rings. The van der Waals surface area contributed by atoms with Gasteiger partial charge in [0.25, 0.3) is 0 Å². The van der Waals surface area contributed by atoms with Gasteiger partial charge in [-0.25, -0.2) is 4.98 Å². The molecule has 0 aliphatic carbocycles. The third-order valence-electron chi connectivity index (χ3n) is 5.90. The fraction of sp³-hybridized carbons (Fsp3) is 0.231. The van der Waals surface area contributed by atoms with Crippen molar-refractivity contribution in [2.24, 2.45) is 0 Å². The number of nitrogens with zero attached hydrogens (tertiary/aromatic N) is 4. The number of nitrogens with one attached hydrogen (secondary N) is 1. The van der Waals surface area contributed by atoms with Crippen LogP contribution in [0.15, 0.2) is 72.9 Å². The lowest BCUT2D eigenvalue weighted by Gasteiger charge is -2.20. The van der Waals surface area contributed by atoms with Crippen molar-refractivity contribution < 1.29 is 0 Å². The van der Waals surface area contributed by atoms with Gasteiger partial charge in [0, 0.05) is 31.4 Å². The van der Waals surface area contributed by atoms with Crippen LogP contribution < -0.4 is 5.32 Å². The summed E-state index contributed by atoms with van der Waals surface area (Å²) in [6, 6.07) is 24.7. The van der Waals surface area contributed by atoms with Crippen molar-refractivity contribution in [3.8, 4) is 28.5 Å². The van der Waals surface area contributed by atoms with E-state index in [1.165, 1.54) is 16.8 Å². The Morgan fingerprint density at radius 2 is 1.77 bits per heavy atom. The monoisotopic (exact) mass is 407 g/mol. The minimum atomic E-state index is 0.657. The summed E-state index contributed by atoms with van der Waals surface area (Å²) < 4.78 is 2.23. The van der Waals surface area contributed by atoms with Crippen molar-refractivity contribution in [1.82, 2.24) is 19.6 Å². The molecule has 31 heavy (non-hydrogen) atoms. The highest BCUT2D eigenvalue weighted by Gasteiger charge is 2.19. The molecule has 0 bridgehead atoms. The van der Waals surface area contributed by atoms with Gasteiger partial charge >= 0.3 is 0 Å². The van der Waals surface area contributed by atoms with Crippen molar-refractivity contribution in [3.05, 3.63) is 84.2 Å². The van der Waals surface area contributed by atoms with Crippen LogP contribution in [-0.4, -0.2) is 40.5 Å². The van der Waals surface area contributed by atoms with E-state index in [2.05, 4.69) is 63.3 Å². The Morgan fingerprint density at radius 1 is 0.903 bits per heavy atom. The Kier molecular flexibility index (Phi) is 5.49. The largest absolute Gasteiger partial charge is 0.315 e. The molecule has 5 nitrogen and oxygen atoms in total. The van der Waals surface area contributed by atoms with Crippen LogP contribution in [0.5, 0.6) is 0 Å². The minimum absolute atomic E-state index is 0.657. The molecule has 0 saturated carbocycles. The van der Waals surface area contributed by atoms with Gasteiger partial charge in [0.2, 0.25) is 0 Å². The average molecular weight is 408 g/mol. The van der Waals surface area contributed by atoms with Crippen molar-refractivity contribution in [2.45, 2.75) is 13.0 Å². The van der Waals surface area contributed by atoms with E-state index < -0.39 is 0 Å². The van der Waals surface area contributed by atoms with E-state index in [4.69, 9.17) is 4.98 Å². The van der Waals surface area contributed by atoms with Crippen molar-refractivity contribution in [1.29, 1.82) is 5.26 Å². The highest BCUT2D eigenvalue weighted by atomic mass is 15.2. The fourth-order valence-electron chi connectivity index (χ4n) is 4.28. The number of benzene rings is 2. The maximum absolute atomic E-state index is 9.38. The fourth-order valence-corrected chi connectivity index (χ4v) is 4.28. The van der Waals surface area contributed by atoms with Crippen LogP contribution in [0.25, 0.3) is 28.0 Å².